The van der Waals surface area contributed by atoms with Crippen LogP contribution in [0.25, 0.3) is 5.65 Å². The van der Waals surface area contributed by atoms with Crippen molar-refractivity contribution in [3.8, 4) is 0 Å². The topological polar surface area (TPSA) is 112 Å². The van der Waals surface area contributed by atoms with E-state index in [2.05, 4.69) is 31.6 Å². The number of amides is 1. The zero-order valence-electron chi connectivity index (χ0n) is 19.9. The Bertz CT molecular complexity index is 1270. The van der Waals surface area contributed by atoms with Crippen LogP contribution in [0.3, 0.4) is 0 Å². The number of sulfonamides is 1. The molecule has 4 aliphatic rings. The molecule has 1 saturated carbocycles. The molecular formula is C22H30FN7O4S. The predicted molar refractivity (Wildman–Crippen MR) is 125 cm³/mol. The molecule has 0 aromatic carbocycles. The molecule has 6 rings (SSSR count). The van der Waals surface area contributed by atoms with Gasteiger partial charge in [-0.2, -0.15) is 0 Å². The normalized spacial score (nSPS) is 27.1. The van der Waals surface area contributed by atoms with Gasteiger partial charge in [-0.3, -0.25) is 14.1 Å². The van der Waals surface area contributed by atoms with E-state index >= 15 is 0 Å². The molecule has 5 heterocycles. The molecule has 0 unspecified atom stereocenters. The predicted octanol–water partition coefficient (Wildman–Crippen LogP) is 0.263. The number of anilines is 1. The van der Waals surface area contributed by atoms with Crippen LogP contribution in [0, 0.1) is 0 Å². The number of halogens is 1. The number of piperazine rings is 1. The maximum absolute atomic E-state index is 13.4. The monoisotopic (exact) mass is 507 g/mol. The van der Waals surface area contributed by atoms with Gasteiger partial charge in [0.05, 0.1) is 38.0 Å². The second kappa shape index (κ2) is 8.08. The van der Waals surface area contributed by atoms with Crippen LogP contribution in [0.2, 0.25) is 0 Å². The van der Waals surface area contributed by atoms with Crippen LogP contribution in [0.5, 0.6) is 0 Å². The molecule has 4 fully saturated rings. The first-order chi connectivity index (χ1) is 16.6. The van der Waals surface area contributed by atoms with Gasteiger partial charge in [-0.15, -0.1) is 10.2 Å². The van der Waals surface area contributed by atoms with Gasteiger partial charge in [0, 0.05) is 37.4 Å². The first-order valence-corrected chi connectivity index (χ1v) is 13.6. The third-order valence-electron chi connectivity index (χ3n) is 7.56. The van der Waals surface area contributed by atoms with Crippen molar-refractivity contribution in [1.29, 1.82) is 0 Å². The maximum atomic E-state index is 13.4. The highest BCUT2D eigenvalue weighted by Crippen LogP contribution is 2.37. The molecule has 0 radical (unpaired) electrons. The Morgan fingerprint density at radius 3 is 2.71 bits per heavy atom. The lowest BCUT2D eigenvalue weighted by atomic mass is 10.1. The van der Waals surface area contributed by atoms with Crippen molar-refractivity contribution >= 4 is 27.3 Å². The van der Waals surface area contributed by atoms with Gasteiger partial charge in [-0.05, 0) is 32.8 Å². The molecule has 1 amide bonds. The number of nitrogens with zero attached hydrogens (tertiary/aromatic N) is 6. The smallest absolute Gasteiger partial charge is 0.292 e. The average molecular weight is 508 g/mol. The number of carbonyl (C=O) groups is 1. The second-order valence-electron chi connectivity index (χ2n) is 10.5. The Morgan fingerprint density at radius 2 is 2.00 bits per heavy atom. The first-order valence-electron chi connectivity index (χ1n) is 12.1. The van der Waals surface area contributed by atoms with Crippen LogP contribution >= 0.6 is 0 Å². The van der Waals surface area contributed by atoms with Gasteiger partial charge in [-0.1, -0.05) is 0 Å². The lowest BCUT2D eigenvalue weighted by molar-refractivity contribution is -0.0317. The Balaban J connectivity index is 1.43. The Hall–Kier alpha value is -2.35. The van der Waals surface area contributed by atoms with E-state index < -0.39 is 27.6 Å². The van der Waals surface area contributed by atoms with Gasteiger partial charge in [0.1, 0.15) is 11.1 Å². The molecule has 11 nitrogen and oxygen atoms in total. The van der Waals surface area contributed by atoms with Crippen LogP contribution < -0.4 is 9.62 Å². The summed E-state index contributed by atoms with van der Waals surface area (Å²) in [7, 11) is -3.86. The van der Waals surface area contributed by atoms with Gasteiger partial charge in [-0.25, -0.2) is 17.5 Å². The van der Waals surface area contributed by atoms with E-state index in [4.69, 9.17) is 4.74 Å². The zero-order valence-corrected chi connectivity index (χ0v) is 20.7. The Labute approximate surface area is 203 Å². The molecule has 2 aromatic rings. The fraction of sp³-hybridized carbons (Fsp3) is 0.682. The molecule has 190 valence electrons. The molecule has 2 atom stereocenters. The zero-order chi connectivity index (χ0) is 24.5. The van der Waals surface area contributed by atoms with E-state index in [1.807, 2.05) is 6.92 Å². The lowest BCUT2D eigenvalue weighted by Gasteiger charge is -2.48. The Morgan fingerprint density at radius 1 is 1.23 bits per heavy atom. The van der Waals surface area contributed by atoms with Gasteiger partial charge in [0.2, 0.25) is 15.8 Å². The number of aromatic nitrogens is 3. The van der Waals surface area contributed by atoms with E-state index in [1.165, 1.54) is 15.5 Å². The number of hydrogen-bond donors (Lipinski definition) is 1. The summed E-state index contributed by atoms with van der Waals surface area (Å²) in [5.41, 5.74) is 0.553. The molecule has 13 heteroatoms. The number of hydrogen-bond acceptors (Lipinski definition) is 8. The minimum atomic E-state index is -3.86. The van der Waals surface area contributed by atoms with E-state index in [0.717, 1.165) is 19.4 Å². The summed E-state index contributed by atoms with van der Waals surface area (Å²) in [6.07, 6.45) is 1.90. The highest BCUT2D eigenvalue weighted by molar-refractivity contribution is 7.89. The average Bonchev–Trinajstić information content (AvgIpc) is 3.35. The fourth-order valence-corrected chi connectivity index (χ4v) is 6.72. The van der Waals surface area contributed by atoms with E-state index in [0.29, 0.717) is 37.6 Å². The highest BCUT2D eigenvalue weighted by Gasteiger charge is 2.42. The maximum Gasteiger partial charge on any atom is 0.292 e. The number of fused-ring (bicyclic) bond motifs is 2. The standard InChI is InChI=1S/C22H30FN7O4S/c1-14-8-27(11-16-13-34-6-5-29(14)16)18-7-17(35(32,33)26-22(2)3-4-22)12-30-19(18)24-25-20(30)21(31)28-9-15(23)10-28/h7,12,14-16,26H,3-6,8-11,13H2,1-2H3/t14-,16+/m0/s1. The molecule has 3 aliphatic heterocycles. The summed E-state index contributed by atoms with van der Waals surface area (Å²) in [5, 5.41) is 8.40. The summed E-state index contributed by atoms with van der Waals surface area (Å²) < 4.78 is 50.0. The van der Waals surface area contributed by atoms with Gasteiger partial charge < -0.3 is 14.5 Å². The van der Waals surface area contributed by atoms with Crippen molar-refractivity contribution in [3.63, 3.8) is 0 Å². The summed E-state index contributed by atoms with van der Waals surface area (Å²) >= 11 is 0. The number of nitrogens with one attached hydrogen (secondary N) is 1. The number of likely N-dealkylation sites (tertiary alicyclic amines) is 1. The van der Waals surface area contributed by atoms with Crippen LogP contribution in [0.15, 0.2) is 17.2 Å². The summed E-state index contributed by atoms with van der Waals surface area (Å²) in [4.78, 5) is 18.9. The molecule has 0 bridgehead atoms. The molecule has 1 aliphatic carbocycles. The van der Waals surface area contributed by atoms with Crippen molar-refractivity contribution in [2.75, 3.05) is 50.8 Å². The third-order valence-corrected chi connectivity index (χ3v) is 9.17. The molecule has 35 heavy (non-hydrogen) atoms. The van der Waals surface area contributed by atoms with Crippen LogP contribution in [0.1, 0.15) is 37.3 Å². The third kappa shape index (κ3) is 4.07. The fourth-order valence-electron chi connectivity index (χ4n) is 5.24. The van der Waals surface area contributed by atoms with Crippen LogP contribution in [-0.4, -0.2) is 108 Å². The second-order valence-corrected chi connectivity index (χ2v) is 12.2. The van der Waals surface area contributed by atoms with Gasteiger partial charge in [0.15, 0.2) is 5.65 Å². The van der Waals surface area contributed by atoms with Crippen molar-refractivity contribution in [3.05, 3.63) is 18.1 Å². The summed E-state index contributed by atoms with van der Waals surface area (Å²) in [6, 6.07) is 2.02. The lowest BCUT2D eigenvalue weighted by Crippen LogP contribution is -2.62. The van der Waals surface area contributed by atoms with Gasteiger partial charge in [0.25, 0.3) is 5.91 Å². The number of alkyl halides is 1. The van der Waals surface area contributed by atoms with Gasteiger partial charge >= 0.3 is 0 Å². The van der Waals surface area contributed by atoms with Crippen molar-refractivity contribution in [2.45, 2.75) is 55.4 Å². The van der Waals surface area contributed by atoms with Crippen LogP contribution in [0.4, 0.5) is 10.1 Å². The van der Waals surface area contributed by atoms with E-state index in [9.17, 15) is 17.6 Å². The van der Waals surface area contributed by atoms with Crippen LogP contribution in [-0.2, 0) is 14.8 Å². The quantitative estimate of drug-likeness (QED) is 0.614. The van der Waals surface area contributed by atoms with Crippen molar-refractivity contribution < 1.29 is 22.3 Å². The number of pyridine rings is 1. The molecule has 1 N–H and O–H groups in total. The first kappa shape index (κ1) is 23.1. The minimum Gasteiger partial charge on any atom is -0.378 e. The van der Waals surface area contributed by atoms with E-state index in [-0.39, 0.29) is 35.9 Å². The number of rotatable bonds is 5. The van der Waals surface area contributed by atoms with Crippen molar-refractivity contribution in [1.82, 2.24) is 29.1 Å². The summed E-state index contributed by atoms with van der Waals surface area (Å²) in [5.74, 6) is -0.483. The number of morpholine rings is 1. The van der Waals surface area contributed by atoms with E-state index in [1.54, 1.807) is 6.07 Å². The largest absolute Gasteiger partial charge is 0.378 e. The molecule has 3 saturated heterocycles. The SMILES string of the molecule is C[C@H]1CN(c2cc(S(=O)(=O)NC3(C)CC3)cn3c(C(=O)N4CC(F)C4)nnc23)C[C@@H]2COCCN21. The number of ether oxygens (including phenoxy) is 1. The molecule has 2 aromatic heterocycles. The summed E-state index contributed by atoms with van der Waals surface area (Å²) in [6.45, 7) is 7.50. The highest BCUT2D eigenvalue weighted by atomic mass is 32.2. The number of carbonyl (C=O) groups excluding carboxylic acids is 1. The molecule has 0 spiro atoms. The van der Waals surface area contributed by atoms with Crippen molar-refractivity contribution in [2.24, 2.45) is 0 Å². The minimum absolute atomic E-state index is 0.000339. The Kier molecular flexibility index (Phi) is 5.33. The molecular weight excluding hydrogens is 477 g/mol.